The zero-order valence-corrected chi connectivity index (χ0v) is 17.6. The van der Waals surface area contributed by atoms with E-state index in [1.165, 1.54) is 29.3 Å². The van der Waals surface area contributed by atoms with Crippen LogP contribution in [0.4, 0.5) is 0 Å². The number of amides is 1. The molecule has 5 nitrogen and oxygen atoms in total. The topological polar surface area (TPSA) is 37.7 Å². The van der Waals surface area contributed by atoms with Gasteiger partial charge >= 0.3 is 0 Å². The quantitative estimate of drug-likeness (QED) is 0.794. The summed E-state index contributed by atoms with van der Waals surface area (Å²) in [6.07, 6.45) is 8.84. The van der Waals surface area contributed by atoms with Gasteiger partial charge in [-0.1, -0.05) is 12.1 Å². The van der Waals surface area contributed by atoms with Crippen LogP contribution in [0.2, 0.25) is 0 Å². The molecule has 156 valence electrons. The fraction of sp³-hybridized carbons (Fsp3) is 0.625. The molecular formula is C24H33N3O2. The van der Waals surface area contributed by atoms with Crippen molar-refractivity contribution in [3.63, 3.8) is 0 Å². The number of ether oxygens (including phenoxy) is 1. The molecule has 2 aromatic rings. The number of piperidine rings is 2. The summed E-state index contributed by atoms with van der Waals surface area (Å²) in [5.41, 5.74) is 3.03. The zero-order chi connectivity index (χ0) is 19.8. The van der Waals surface area contributed by atoms with Gasteiger partial charge in [0.15, 0.2) is 0 Å². The second-order valence-corrected chi connectivity index (χ2v) is 9.51. The van der Waals surface area contributed by atoms with Gasteiger partial charge in [-0.25, -0.2) is 0 Å². The largest absolute Gasteiger partial charge is 0.376 e. The van der Waals surface area contributed by atoms with Gasteiger partial charge in [-0.2, -0.15) is 0 Å². The summed E-state index contributed by atoms with van der Waals surface area (Å²) in [5, 5.41) is 1.31. The van der Waals surface area contributed by atoms with Crippen molar-refractivity contribution in [2.45, 2.75) is 51.2 Å². The van der Waals surface area contributed by atoms with Crippen LogP contribution in [0.5, 0.6) is 0 Å². The average molecular weight is 396 g/mol. The number of carbonyl (C=O) groups is 1. The Bertz CT molecular complexity index is 875. The Balaban J connectivity index is 1.19. The Morgan fingerprint density at radius 3 is 2.83 bits per heavy atom. The average Bonchev–Trinajstić information content (AvgIpc) is 3.37. The first kappa shape index (κ1) is 19.1. The maximum Gasteiger partial charge on any atom is 0.222 e. The van der Waals surface area contributed by atoms with Gasteiger partial charge in [0, 0.05) is 51.4 Å². The molecule has 0 radical (unpaired) electrons. The third-order valence-electron chi connectivity index (χ3n) is 7.47. The normalized spacial score (nSPS) is 25.3. The first-order chi connectivity index (χ1) is 14.1. The monoisotopic (exact) mass is 395 g/mol. The van der Waals surface area contributed by atoms with Crippen molar-refractivity contribution in [2.75, 3.05) is 32.8 Å². The highest BCUT2D eigenvalue weighted by Crippen LogP contribution is 2.40. The number of likely N-dealkylation sites (tertiary alicyclic amines) is 2. The summed E-state index contributed by atoms with van der Waals surface area (Å²) in [5.74, 6) is 0.337. The molecule has 0 aliphatic carbocycles. The second kappa shape index (κ2) is 7.77. The van der Waals surface area contributed by atoms with Gasteiger partial charge < -0.3 is 14.2 Å². The number of aromatic nitrogens is 1. The van der Waals surface area contributed by atoms with Crippen molar-refractivity contribution in [3.8, 4) is 0 Å². The van der Waals surface area contributed by atoms with Crippen LogP contribution in [0, 0.1) is 5.41 Å². The molecule has 1 atom stereocenters. The Morgan fingerprint density at radius 1 is 1.17 bits per heavy atom. The van der Waals surface area contributed by atoms with E-state index in [4.69, 9.17) is 4.74 Å². The van der Waals surface area contributed by atoms with Crippen molar-refractivity contribution in [1.29, 1.82) is 0 Å². The summed E-state index contributed by atoms with van der Waals surface area (Å²) in [7, 11) is 2.11. The molecule has 0 N–H and O–H groups in total. The summed E-state index contributed by atoms with van der Waals surface area (Å²) < 4.78 is 7.99. The van der Waals surface area contributed by atoms with Crippen LogP contribution in [-0.2, 0) is 23.1 Å². The number of hydrogen-bond acceptors (Lipinski definition) is 3. The van der Waals surface area contributed by atoms with E-state index in [1.807, 2.05) is 0 Å². The highest BCUT2D eigenvalue weighted by atomic mass is 16.5. The molecule has 4 heterocycles. The maximum absolute atomic E-state index is 12.5. The van der Waals surface area contributed by atoms with Gasteiger partial charge in [0.25, 0.3) is 0 Å². The summed E-state index contributed by atoms with van der Waals surface area (Å²) in [6, 6.07) is 9.03. The van der Waals surface area contributed by atoms with E-state index in [9.17, 15) is 4.79 Å². The van der Waals surface area contributed by atoms with Crippen LogP contribution < -0.4 is 0 Å². The number of nitrogens with zero attached hydrogens (tertiary/aromatic N) is 3. The van der Waals surface area contributed by atoms with Crippen LogP contribution in [0.25, 0.3) is 10.9 Å². The number of rotatable bonds is 4. The predicted molar refractivity (Wildman–Crippen MR) is 115 cm³/mol. The van der Waals surface area contributed by atoms with E-state index in [-0.39, 0.29) is 6.10 Å². The Morgan fingerprint density at radius 2 is 2.03 bits per heavy atom. The standard InChI is InChI=1S/C24H33N3O2/c1-25-11-7-20-5-4-19(15-22(20)25)16-26-12-9-24(10-13-26)8-6-23(28)27(18-24)17-21-3-2-14-29-21/h4-5,7,11,15,21H,2-3,6,8-10,12-14,16-18H2,1H3/t21-/m0/s1. The summed E-state index contributed by atoms with van der Waals surface area (Å²) in [4.78, 5) is 17.2. The number of benzene rings is 1. The first-order valence-electron chi connectivity index (χ1n) is 11.3. The Hall–Kier alpha value is -1.85. The molecule has 1 aromatic carbocycles. The van der Waals surface area contributed by atoms with Crippen LogP contribution >= 0.6 is 0 Å². The first-order valence-corrected chi connectivity index (χ1v) is 11.3. The highest BCUT2D eigenvalue weighted by Gasteiger charge is 2.41. The lowest BCUT2D eigenvalue weighted by molar-refractivity contribution is -0.141. The second-order valence-electron chi connectivity index (χ2n) is 9.51. The molecular weight excluding hydrogens is 362 g/mol. The van der Waals surface area contributed by atoms with Crippen LogP contribution in [-0.4, -0.2) is 59.2 Å². The maximum atomic E-state index is 12.5. The van der Waals surface area contributed by atoms with E-state index in [0.717, 1.165) is 65.0 Å². The van der Waals surface area contributed by atoms with E-state index in [0.29, 0.717) is 11.3 Å². The van der Waals surface area contributed by atoms with E-state index < -0.39 is 0 Å². The minimum Gasteiger partial charge on any atom is -0.376 e. The Labute approximate surface area is 173 Å². The van der Waals surface area contributed by atoms with Crippen molar-refractivity contribution < 1.29 is 9.53 Å². The molecule has 1 spiro atoms. The Kier molecular flexibility index (Phi) is 5.12. The third-order valence-corrected chi connectivity index (χ3v) is 7.47. The summed E-state index contributed by atoms with van der Waals surface area (Å²) in [6.45, 7) is 5.90. The molecule has 3 fully saturated rings. The summed E-state index contributed by atoms with van der Waals surface area (Å²) >= 11 is 0. The molecule has 1 aromatic heterocycles. The van der Waals surface area contributed by atoms with Gasteiger partial charge in [-0.15, -0.1) is 0 Å². The molecule has 0 unspecified atom stereocenters. The van der Waals surface area contributed by atoms with Gasteiger partial charge in [0.1, 0.15) is 0 Å². The minimum atomic E-state index is 0.265. The number of fused-ring (bicyclic) bond motifs is 1. The molecule has 0 saturated carbocycles. The number of carbonyl (C=O) groups excluding carboxylic acids is 1. The van der Waals surface area contributed by atoms with Crippen molar-refractivity contribution in [2.24, 2.45) is 12.5 Å². The van der Waals surface area contributed by atoms with Crippen molar-refractivity contribution in [1.82, 2.24) is 14.4 Å². The third kappa shape index (κ3) is 3.95. The molecule has 5 heteroatoms. The molecule has 0 bridgehead atoms. The number of aryl methyl sites for hydroxylation is 1. The minimum absolute atomic E-state index is 0.265. The van der Waals surface area contributed by atoms with Gasteiger partial charge in [-0.3, -0.25) is 9.69 Å². The zero-order valence-electron chi connectivity index (χ0n) is 17.6. The fourth-order valence-electron chi connectivity index (χ4n) is 5.56. The van der Waals surface area contributed by atoms with E-state index in [1.54, 1.807) is 0 Å². The van der Waals surface area contributed by atoms with Crippen LogP contribution in [0.3, 0.4) is 0 Å². The van der Waals surface area contributed by atoms with E-state index in [2.05, 4.69) is 51.9 Å². The van der Waals surface area contributed by atoms with Crippen molar-refractivity contribution >= 4 is 16.8 Å². The predicted octanol–water partition coefficient (Wildman–Crippen LogP) is 3.56. The molecule has 3 saturated heterocycles. The molecule has 3 aliphatic rings. The fourth-order valence-corrected chi connectivity index (χ4v) is 5.56. The SMILES string of the molecule is Cn1ccc2ccc(CN3CCC4(CCC(=O)N(C[C@@H]5CCCO5)C4)CC3)cc21. The number of hydrogen-bond donors (Lipinski definition) is 0. The lowest BCUT2D eigenvalue weighted by Gasteiger charge is -2.48. The molecule has 3 aliphatic heterocycles. The molecule has 1 amide bonds. The van der Waals surface area contributed by atoms with Crippen LogP contribution in [0.1, 0.15) is 44.1 Å². The van der Waals surface area contributed by atoms with Crippen LogP contribution in [0.15, 0.2) is 30.5 Å². The lowest BCUT2D eigenvalue weighted by Crippen LogP contribution is -2.52. The van der Waals surface area contributed by atoms with E-state index >= 15 is 0 Å². The van der Waals surface area contributed by atoms with Crippen molar-refractivity contribution in [3.05, 3.63) is 36.0 Å². The van der Waals surface area contributed by atoms with Gasteiger partial charge in [0.2, 0.25) is 5.91 Å². The molecule has 5 rings (SSSR count). The molecule has 29 heavy (non-hydrogen) atoms. The lowest BCUT2D eigenvalue weighted by atomic mass is 9.72. The van der Waals surface area contributed by atoms with Gasteiger partial charge in [0.05, 0.1) is 6.10 Å². The highest BCUT2D eigenvalue weighted by molar-refractivity contribution is 5.80. The smallest absolute Gasteiger partial charge is 0.222 e. The van der Waals surface area contributed by atoms with Gasteiger partial charge in [-0.05, 0) is 73.7 Å².